The average molecular weight is 556 g/mol. The van der Waals surface area contributed by atoms with Crippen molar-refractivity contribution in [1.82, 2.24) is 4.90 Å². The maximum Gasteiger partial charge on any atom is 0.337 e. The number of esters is 1. The lowest BCUT2D eigenvalue weighted by Gasteiger charge is -2.34. The van der Waals surface area contributed by atoms with Gasteiger partial charge in [0.25, 0.3) is 0 Å². The summed E-state index contributed by atoms with van der Waals surface area (Å²) in [6, 6.07) is 33.4. The molecular weight excluding hydrogens is 524 g/mol. The predicted molar refractivity (Wildman–Crippen MR) is 158 cm³/mol. The molecule has 5 nitrogen and oxygen atoms in total. The number of carbonyl (C=O) groups is 2. The van der Waals surface area contributed by atoms with Crippen molar-refractivity contribution in [2.24, 2.45) is 0 Å². The van der Waals surface area contributed by atoms with Crippen molar-refractivity contribution in [2.45, 2.75) is 13.3 Å². The van der Waals surface area contributed by atoms with E-state index in [4.69, 9.17) is 0 Å². The van der Waals surface area contributed by atoms with Crippen LogP contribution in [0.2, 0.25) is 0 Å². The number of hydrogen-bond donors (Lipinski definition) is 0. The van der Waals surface area contributed by atoms with Gasteiger partial charge in [-0.3, -0.25) is 4.79 Å². The second-order valence-electron chi connectivity index (χ2n) is 9.25. The zero-order valence-corrected chi connectivity index (χ0v) is 23.4. The van der Waals surface area contributed by atoms with E-state index < -0.39 is 18.9 Å². The van der Waals surface area contributed by atoms with Gasteiger partial charge >= 0.3 is 5.97 Å². The van der Waals surface area contributed by atoms with E-state index in [0.29, 0.717) is 25.1 Å². The van der Waals surface area contributed by atoms with Crippen LogP contribution in [0.15, 0.2) is 115 Å². The molecule has 1 fully saturated rings. The van der Waals surface area contributed by atoms with E-state index in [-0.39, 0.29) is 11.5 Å². The number of hydrogen-bond acceptors (Lipinski definition) is 4. The van der Waals surface area contributed by atoms with E-state index in [0.717, 1.165) is 27.6 Å². The minimum Gasteiger partial charge on any atom is -0.465 e. The summed E-state index contributed by atoms with van der Waals surface area (Å²) in [4.78, 5) is 24.4. The van der Waals surface area contributed by atoms with Gasteiger partial charge in [-0.25, -0.2) is 9.18 Å². The van der Waals surface area contributed by atoms with E-state index in [1.807, 2.05) is 97.9 Å². The smallest absolute Gasteiger partial charge is 0.337 e. The van der Waals surface area contributed by atoms with E-state index in [9.17, 15) is 18.5 Å². The molecule has 0 atom stereocenters. The quantitative estimate of drug-likeness (QED) is 0.230. The Bertz CT molecular complexity index is 1430. The number of likely N-dealkylation sites (tertiary alicyclic amines) is 1. The van der Waals surface area contributed by atoms with Gasteiger partial charge in [0.15, 0.2) is 7.14 Å². The Labute approximate surface area is 234 Å². The number of rotatable bonds is 6. The van der Waals surface area contributed by atoms with Gasteiger partial charge < -0.3 is 14.2 Å². The minimum atomic E-state index is -2.78. The first kappa shape index (κ1) is 28.7. The SMILES string of the molecule is CCC(=O)N1CC(=Cc2ccc(C(=O)OC)cc2F)C1.O=P(c1ccccc1)(c1ccccc1)c1ccccc1. The van der Waals surface area contributed by atoms with Crippen molar-refractivity contribution >= 4 is 41.0 Å². The molecule has 1 saturated heterocycles. The summed E-state index contributed by atoms with van der Waals surface area (Å²) in [5, 5.41) is 2.62. The van der Waals surface area contributed by atoms with Crippen molar-refractivity contribution in [3.63, 3.8) is 0 Å². The molecule has 0 bridgehead atoms. The van der Waals surface area contributed by atoms with Crippen LogP contribution in [0.4, 0.5) is 4.39 Å². The van der Waals surface area contributed by atoms with Crippen molar-refractivity contribution < 1.29 is 23.3 Å². The summed E-state index contributed by atoms with van der Waals surface area (Å²) in [5.74, 6) is -0.934. The van der Waals surface area contributed by atoms with Crippen LogP contribution in [0, 0.1) is 5.82 Å². The Kier molecular flexibility index (Phi) is 9.47. The molecule has 204 valence electrons. The van der Waals surface area contributed by atoms with E-state index in [1.165, 1.54) is 13.2 Å². The highest BCUT2D eigenvalue weighted by Gasteiger charge is 2.29. The van der Waals surface area contributed by atoms with Gasteiger partial charge in [-0.2, -0.15) is 0 Å². The fourth-order valence-corrected chi connectivity index (χ4v) is 7.08. The first-order chi connectivity index (χ1) is 19.4. The van der Waals surface area contributed by atoms with Gasteiger partial charge in [0.1, 0.15) is 5.82 Å². The van der Waals surface area contributed by atoms with Crippen molar-refractivity contribution in [3.8, 4) is 0 Å². The first-order valence-corrected chi connectivity index (χ1v) is 14.7. The summed E-state index contributed by atoms with van der Waals surface area (Å²) in [5.41, 5.74) is 1.59. The van der Waals surface area contributed by atoms with Gasteiger partial charge in [0.2, 0.25) is 5.91 Å². The third-order valence-electron chi connectivity index (χ3n) is 6.58. The third-order valence-corrected chi connectivity index (χ3v) is 9.66. The van der Waals surface area contributed by atoms with Crippen LogP contribution in [0.3, 0.4) is 0 Å². The monoisotopic (exact) mass is 555 g/mol. The first-order valence-electron chi connectivity index (χ1n) is 13.0. The van der Waals surface area contributed by atoms with E-state index >= 15 is 0 Å². The van der Waals surface area contributed by atoms with Crippen LogP contribution in [-0.2, 0) is 14.1 Å². The maximum absolute atomic E-state index is 13.9. The number of halogens is 1. The standard InChI is InChI=1S/C18H15OP.C15H16FNO3/c19-20(16-10-4-1-5-11-16,17-12-6-2-7-13-17)18-14-8-3-9-15-18;1-3-14(18)17-8-10(9-17)6-11-4-5-12(7-13(11)16)15(19)20-2/h1-15H;4-7H,3,8-9H2,1-2H3. The highest BCUT2D eigenvalue weighted by atomic mass is 31.2. The fraction of sp³-hybridized carbons (Fsp3) is 0.152. The molecule has 0 unspecified atom stereocenters. The van der Waals surface area contributed by atoms with Gasteiger partial charge in [-0.1, -0.05) is 104 Å². The number of amides is 1. The lowest BCUT2D eigenvalue weighted by atomic mass is 10.0. The van der Waals surface area contributed by atoms with Gasteiger partial charge in [-0.05, 0) is 23.8 Å². The number of benzene rings is 4. The third kappa shape index (κ3) is 6.47. The van der Waals surface area contributed by atoms with Gasteiger partial charge in [0.05, 0.1) is 12.7 Å². The van der Waals surface area contributed by atoms with Gasteiger partial charge in [-0.15, -0.1) is 0 Å². The van der Waals surface area contributed by atoms with Crippen LogP contribution < -0.4 is 15.9 Å². The molecule has 0 N–H and O–H groups in total. The molecule has 4 aromatic rings. The molecule has 0 aliphatic carbocycles. The highest BCUT2D eigenvalue weighted by Crippen LogP contribution is 2.41. The van der Waals surface area contributed by atoms with Crippen molar-refractivity contribution in [2.75, 3.05) is 20.2 Å². The van der Waals surface area contributed by atoms with Crippen LogP contribution in [0.5, 0.6) is 0 Å². The molecular formula is C33H31FNO4P. The number of carbonyl (C=O) groups excluding carboxylic acids is 2. The average Bonchev–Trinajstić information content (AvgIpc) is 2.99. The summed E-state index contributed by atoms with van der Waals surface area (Å²) in [6.07, 6.45) is 2.20. The van der Waals surface area contributed by atoms with E-state index in [1.54, 1.807) is 17.0 Å². The Morgan fingerprint density at radius 3 is 1.70 bits per heavy atom. The lowest BCUT2D eigenvalue weighted by molar-refractivity contribution is -0.132. The number of methoxy groups -OCH3 is 1. The van der Waals surface area contributed by atoms with Crippen LogP contribution in [0.1, 0.15) is 29.3 Å². The zero-order valence-electron chi connectivity index (χ0n) is 22.5. The Balaban J connectivity index is 0.000000185. The van der Waals surface area contributed by atoms with Gasteiger partial charge in [0, 0.05) is 41.0 Å². The molecule has 0 spiro atoms. The van der Waals surface area contributed by atoms with E-state index in [2.05, 4.69) is 4.74 Å². The molecule has 0 saturated carbocycles. The second kappa shape index (κ2) is 13.2. The fourth-order valence-electron chi connectivity index (χ4n) is 4.41. The maximum atomic E-state index is 13.9. The topological polar surface area (TPSA) is 63.7 Å². The zero-order chi connectivity index (χ0) is 28.5. The molecule has 40 heavy (non-hydrogen) atoms. The molecule has 1 amide bonds. The molecule has 1 aliphatic rings. The number of ether oxygens (including phenoxy) is 1. The predicted octanol–water partition coefficient (Wildman–Crippen LogP) is 5.57. The second-order valence-corrected chi connectivity index (χ2v) is 12.0. The minimum absolute atomic E-state index is 0.101. The molecule has 5 rings (SSSR count). The van der Waals surface area contributed by atoms with Crippen molar-refractivity contribution in [3.05, 3.63) is 132 Å². The summed E-state index contributed by atoms with van der Waals surface area (Å²) >= 11 is 0. The molecule has 0 radical (unpaired) electrons. The van der Waals surface area contributed by atoms with Crippen LogP contribution in [0.25, 0.3) is 6.08 Å². The Hall–Kier alpha value is -4.28. The van der Waals surface area contributed by atoms with Crippen molar-refractivity contribution in [1.29, 1.82) is 0 Å². The Morgan fingerprint density at radius 2 is 1.30 bits per heavy atom. The van der Waals surface area contributed by atoms with Crippen LogP contribution in [-0.4, -0.2) is 37.0 Å². The highest BCUT2D eigenvalue weighted by molar-refractivity contribution is 7.85. The number of nitrogens with zero attached hydrogens (tertiary/aromatic N) is 1. The molecule has 1 aliphatic heterocycles. The van der Waals surface area contributed by atoms with Crippen LogP contribution >= 0.6 is 7.14 Å². The Morgan fingerprint density at radius 1 is 0.825 bits per heavy atom. The summed E-state index contributed by atoms with van der Waals surface area (Å²) in [7, 11) is -1.52. The largest absolute Gasteiger partial charge is 0.465 e. The normalized spacial score (nSPS) is 12.5. The molecule has 7 heteroatoms. The molecule has 0 aromatic heterocycles. The molecule has 4 aromatic carbocycles. The lowest BCUT2D eigenvalue weighted by Crippen LogP contribution is -2.43. The summed E-state index contributed by atoms with van der Waals surface area (Å²) in [6.45, 7) is 2.91. The molecule has 1 heterocycles. The summed E-state index contributed by atoms with van der Waals surface area (Å²) < 4.78 is 32.2.